The number of nitrogens with zero attached hydrogens (tertiary/aromatic N) is 4. The van der Waals surface area contributed by atoms with Crippen molar-refractivity contribution in [3.63, 3.8) is 0 Å². The molecule has 0 spiro atoms. The number of benzene rings is 2. The quantitative estimate of drug-likeness (QED) is 0.424. The molecule has 0 unspecified atom stereocenters. The zero-order valence-corrected chi connectivity index (χ0v) is 16.1. The number of pyridine rings is 1. The van der Waals surface area contributed by atoms with Crippen LogP contribution in [0.25, 0.3) is 33.4 Å². The fourth-order valence-electron chi connectivity index (χ4n) is 3.54. The van der Waals surface area contributed by atoms with E-state index in [1.54, 1.807) is 57.9 Å². The van der Waals surface area contributed by atoms with Gasteiger partial charge in [0.15, 0.2) is 5.65 Å². The number of halogens is 2. The number of fused-ring (bicyclic) bond motifs is 3. The van der Waals surface area contributed by atoms with Gasteiger partial charge in [0.05, 0.1) is 16.6 Å². The topological polar surface area (TPSA) is 52.2 Å². The number of rotatable bonds is 2. The zero-order chi connectivity index (χ0) is 20.1. The lowest BCUT2D eigenvalue weighted by atomic mass is 10.1. The second-order valence-corrected chi connectivity index (χ2v) is 7.16. The molecule has 142 valence electrons. The van der Waals surface area contributed by atoms with E-state index in [4.69, 9.17) is 11.6 Å². The summed E-state index contributed by atoms with van der Waals surface area (Å²) in [7, 11) is 0. The van der Waals surface area contributed by atoms with E-state index in [0.29, 0.717) is 27.3 Å². The normalized spacial score (nSPS) is 11.4. The van der Waals surface area contributed by atoms with E-state index in [9.17, 15) is 9.18 Å². The molecule has 0 aliphatic rings. The summed E-state index contributed by atoms with van der Waals surface area (Å²) in [5.41, 5.74) is 4.17. The highest BCUT2D eigenvalue weighted by molar-refractivity contribution is 6.30. The monoisotopic (exact) mass is 404 g/mol. The van der Waals surface area contributed by atoms with Crippen LogP contribution >= 0.6 is 11.6 Å². The van der Waals surface area contributed by atoms with Crippen LogP contribution in [0.5, 0.6) is 0 Å². The molecule has 5 rings (SSSR count). The summed E-state index contributed by atoms with van der Waals surface area (Å²) in [5.74, 6) is -0.302. The first-order chi connectivity index (χ1) is 14.0. The molecule has 0 saturated carbocycles. The molecule has 7 heteroatoms. The maximum absolute atomic E-state index is 13.3. The fourth-order valence-corrected chi connectivity index (χ4v) is 3.66. The van der Waals surface area contributed by atoms with Gasteiger partial charge in [-0.1, -0.05) is 23.7 Å². The lowest BCUT2D eigenvalue weighted by Crippen LogP contribution is -2.18. The Morgan fingerprint density at radius 2 is 1.72 bits per heavy atom. The molecule has 2 aromatic carbocycles. The number of aryl methyl sites for hydroxylation is 1. The lowest BCUT2D eigenvalue weighted by molar-refractivity contribution is 0.628. The minimum absolute atomic E-state index is 0.198. The smallest absolute Gasteiger partial charge is 0.266 e. The van der Waals surface area contributed by atoms with E-state index in [2.05, 4.69) is 10.1 Å². The maximum atomic E-state index is 13.3. The molecular formula is C22H14ClFN4O. The third-order valence-electron chi connectivity index (χ3n) is 4.92. The standard InChI is InChI=1S/C22H14ClFN4O/c1-13-20(14-2-6-16(24)7-3-14)21-25-12-18-19(28(21)26-13)10-11-27(22(18)29)17-8-4-15(23)5-9-17/h2-12H,1H3. The van der Waals surface area contributed by atoms with Gasteiger partial charge in [0.1, 0.15) is 5.82 Å². The van der Waals surface area contributed by atoms with Crippen LogP contribution in [0.1, 0.15) is 5.69 Å². The Morgan fingerprint density at radius 1 is 1.00 bits per heavy atom. The van der Waals surface area contributed by atoms with Crippen LogP contribution in [0.3, 0.4) is 0 Å². The van der Waals surface area contributed by atoms with Gasteiger partial charge < -0.3 is 0 Å². The van der Waals surface area contributed by atoms with Crippen LogP contribution in [-0.4, -0.2) is 19.2 Å². The average Bonchev–Trinajstić information content (AvgIpc) is 3.06. The summed E-state index contributed by atoms with van der Waals surface area (Å²) in [6, 6.07) is 15.1. The van der Waals surface area contributed by atoms with Gasteiger partial charge in [-0.15, -0.1) is 0 Å². The van der Waals surface area contributed by atoms with Gasteiger partial charge >= 0.3 is 0 Å². The van der Waals surface area contributed by atoms with Crippen LogP contribution in [0.15, 0.2) is 71.8 Å². The predicted octanol–water partition coefficient (Wildman–Crippen LogP) is 4.80. The fraction of sp³-hybridized carbons (Fsp3) is 0.0455. The van der Waals surface area contributed by atoms with E-state index in [0.717, 1.165) is 16.8 Å². The van der Waals surface area contributed by atoms with Crippen molar-refractivity contribution in [1.29, 1.82) is 0 Å². The number of hydrogen-bond donors (Lipinski definition) is 0. The molecule has 0 atom stereocenters. The molecule has 3 aromatic heterocycles. The molecule has 5 nitrogen and oxygen atoms in total. The van der Waals surface area contributed by atoms with Crippen molar-refractivity contribution in [3.8, 4) is 16.8 Å². The first kappa shape index (κ1) is 17.6. The summed E-state index contributed by atoms with van der Waals surface area (Å²) >= 11 is 5.95. The molecule has 0 aliphatic carbocycles. The van der Waals surface area contributed by atoms with Gasteiger partial charge in [0, 0.05) is 28.7 Å². The van der Waals surface area contributed by atoms with Crippen molar-refractivity contribution < 1.29 is 4.39 Å². The molecule has 0 bridgehead atoms. The summed E-state index contributed by atoms with van der Waals surface area (Å²) < 4.78 is 16.5. The first-order valence-corrected chi connectivity index (χ1v) is 9.32. The highest BCUT2D eigenvalue weighted by Gasteiger charge is 2.16. The lowest BCUT2D eigenvalue weighted by Gasteiger charge is -2.08. The molecule has 0 saturated heterocycles. The van der Waals surface area contributed by atoms with Crippen molar-refractivity contribution >= 4 is 28.2 Å². The Morgan fingerprint density at radius 3 is 2.45 bits per heavy atom. The van der Waals surface area contributed by atoms with Gasteiger partial charge in [0.25, 0.3) is 5.56 Å². The molecular weight excluding hydrogens is 391 g/mol. The molecule has 0 N–H and O–H groups in total. The second-order valence-electron chi connectivity index (χ2n) is 6.73. The summed E-state index contributed by atoms with van der Waals surface area (Å²) in [4.78, 5) is 17.6. The van der Waals surface area contributed by atoms with E-state index >= 15 is 0 Å². The SMILES string of the molecule is Cc1nn2c(ncc3c(=O)n(-c4ccc(Cl)cc4)ccc32)c1-c1ccc(F)cc1. The highest BCUT2D eigenvalue weighted by atomic mass is 35.5. The highest BCUT2D eigenvalue weighted by Crippen LogP contribution is 2.28. The second kappa shape index (κ2) is 6.53. The molecule has 0 amide bonds. The van der Waals surface area contributed by atoms with Crippen molar-refractivity contribution in [2.24, 2.45) is 0 Å². The van der Waals surface area contributed by atoms with Crippen LogP contribution in [0.4, 0.5) is 4.39 Å². The molecule has 0 radical (unpaired) electrons. The Bertz CT molecular complexity index is 1440. The van der Waals surface area contributed by atoms with E-state index in [1.807, 2.05) is 13.0 Å². The Balaban J connectivity index is 1.75. The summed E-state index contributed by atoms with van der Waals surface area (Å²) in [6.45, 7) is 1.87. The molecule has 0 aliphatic heterocycles. The van der Waals surface area contributed by atoms with Crippen LogP contribution in [0.2, 0.25) is 5.02 Å². The van der Waals surface area contributed by atoms with Gasteiger partial charge in [-0.2, -0.15) is 5.10 Å². The van der Waals surface area contributed by atoms with Gasteiger partial charge in [0.2, 0.25) is 0 Å². The zero-order valence-electron chi connectivity index (χ0n) is 15.3. The van der Waals surface area contributed by atoms with Crippen LogP contribution in [0, 0.1) is 12.7 Å². The van der Waals surface area contributed by atoms with Crippen molar-refractivity contribution in [2.45, 2.75) is 6.92 Å². The molecule has 0 fully saturated rings. The van der Waals surface area contributed by atoms with Gasteiger partial charge in [-0.05, 0) is 55.0 Å². The molecule has 5 aromatic rings. The van der Waals surface area contributed by atoms with E-state index in [1.165, 1.54) is 12.1 Å². The number of hydrogen-bond acceptors (Lipinski definition) is 3. The Hall–Kier alpha value is -3.51. The minimum atomic E-state index is -0.302. The van der Waals surface area contributed by atoms with Crippen LogP contribution < -0.4 is 5.56 Å². The minimum Gasteiger partial charge on any atom is -0.284 e. The largest absolute Gasteiger partial charge is 0.284 e. The van der Waals surface area contributed by atoms with Crippen molar-refractivity contribution in [2.75, 3.05) is 0 Å². The number of aromatic nitrogens is 4. The van der Waals surface area contributed by atoms with E-state index < -0.39 is 0 Å². The van der Waals surface area contributed by atoms with Gasteiger partial charge in [-0.25, -0.2) is 13.9 Å². The third-order valence-corrected chi connectivity index (χ3v) is 5.18. The average molecular weight is 405 g/mol. The van der Waals surface area contributed by atoms with Crippen LogP contribution in [-0.2, 0) is 0 Å². The first-order valence-electron chi connectivity index (χ1n) is 8.94. The Labute approximate surface area is 169 Å². The van der Waals surface area contributed by atoms with E-state index in [-0.39, 0.29) is 11.4 Å². The Kier molecular flexibility index (Phi) is 3.96. The molecule has 3 heterocycles. The summed E-state index contributed by atoms with van der Waals surface area (Å²) in [5, 5.41) is 5.64. The maximum Gasteiger partial charge on any atom is 0.266 e. The van der Waals surface area contributed by atoms with Gasteiger partial charge in [-0.3, -0.25) is 9.36 Å². The third kappa shape index (κ3) is 2.80. The summed E-state index contributed by atoms with van der Waals surface area (Å²) in [6.07, 6.45) is 3.27. The van der Waals surface area contributed by atoms with Crippen molar-refractivity contribution in [3.05, 3.63) is 93.9 Å². The predicted molar refractivity (Wildman–Crippen MR) is 111 cm³/mol. The van der Waals surface area contributed by atoms with Crippen molar-refractivity contribution in [1.82, 2.24) is 19.2 Å². The molecule has 29 heavy (non-hydrogen) atoms.